The van der Waals surface area contributed by atoms with Gasteiger partial charge in [0.25, 0.3) is 0 Å². The van der Waals surface area contributed by atoms with Gasteiger partial charge in [-0.3, -0.25) is 0 Å². The second-order valence-corrected chi connectivity index (χ2v) is 3.41. The molecule has 0 aromatic heterocycles. The van der Waals surface area contributed by atoms with Crippen LogP contribution in [0.25, 0.3) is 0 Å². The van der Waals surface area contributed by atoms with Crippen molar-refractivity contribution < 1.29 is 4.74 Å². The maximum Gasteiger partial charge on any atom is 0.0474 e. The van der Waals surface area contributed by atoms with Gasteiger partial charge in [0.2, 0.25) is 0 Å². The molecule has 12 heavy (non-hydrogen) atoms. The molecule has 0 aromatic rings. The molecule has 0 saturated carbocycles. The molecule has 2 N–H and O–H groups in total. The van der Waals surface area contributed by atoms with Crippen molar-refractivity contribution in [3.8, 4) is 0 Å². The minimum atomic E-state index is 0.854. The summed E-state index contributed by atoms with van der Waals surface area (Å²) in [6.45, 7) is 5.51. The average Bonchev–Trinajstić information content (AvgIpc) is 2.57. The Bertz CT molecular complexity index is 103. The Morgan fingerprint density at radius 3 is 3.17 bits per heavy atom. The van der Waals surface area contributed by atoms with E-state index < -0.39 is 0 Å². The van der Waals surface area contributed by atoms with Crippen LogP contribution in [-0.4, -0.2) is 39.9 Å². The zero-order chi connectivity index (χ0) is 8.65. The molecular weight excluding hydrogens is 152 g/mol. The monoisotopic (exact) mass is 172 g/mol. The molecule has 1 rings (SSSR count). The van der Waals surface area contributed by atoms with Gasteiger partial charge in [-0.2, -0.15) is 0 Å². The standard InChI is InChI=1S/C9H20N2O/c1-12-6-2-4-10-7-9-3-5-11-8-9/h9-11H,2-8H2,1H3. The molecule has 3 heteroatoms. The third kappa shape index (κ3) is 4.04. The van der Waals surface area contributed by atoms with E-state index in [1.54, 1.807) is 7.11 Å². The van der Waals surface area contributed by atoms with Crippen molar-refractivity contribution in [2.24, 2.45) is 5.92 Å². The van der Waals surface area contributed by atoms with Gasteiger partial charge in [-0.25, -0.2) is 0 Å². The molecular formula is C9H20N2O. The smallest absolute Gasteiger partial charge is 0.0474 e. The number of hydrogen-bond acceptors (Lipinski definition) is 3. The van der Waals surface area contributed by atoms with Crippen LogP contribution in [0, 0.1) is 5.92 Å². The highest BCUT2D eigenvalue weighted by Gasteiger charge is 2.12. The molecule has 1 fully saturated rings. The first-order valence-electron chi connectivity index (χ1n) is 4.84. The fourth-order valence-electron chi connectivity index (χ4n) is 1.54. The molecule has 1 aliphatic rings. The molecule has 0 spiro atoms. The Balaban J connectivity index is 1.81. The summed E-state index contributed by atoms with van der Waals surface area (Å²) in [7, 11) is 1.75. The fraction of sp³-hybridized carbons (Fsp3) is 1.00. The Kier molecular flexibility index (Phi) is 5.32. The van der Waals surface area contributed by atoms with Gasteiger partial charge in [-0.1, -0.05) is 0 Å². The van der Waals surface area contributed by atoms with Crippen LogP contribution in [0.15, 0.2) is 0 Å². The summed E-state index contributed by atoms with van der Waals surface area (Å²) in [5, 5.41) is 6.80. The summed E-state index contributed by atoms with van der Waals surface area (Å²) in [4.78, 5) is 0. The highest BCUT2D eigenvalue weighted by molar-refractivity contribution is 4.72. The van der Waals surface area contributed by atoms with Gasteiger partial charge in [0.05, 0.1) is 0 Å². The Morgan fingerprint density at radius 2 is 2.50 bits per heavy atom. The lowest BCUT2D eigenvalue weighted by Gasteiger charge is -2.09. The van der Waals surface area contributed by atoms with Crippen molar-refractivity contribution in [2.45, 2.75) is 12.8 Å². The molecule has 0 bridgehead atoms. The van der Waals surface area contributed by atoms with Gasteiger partial charge in [-0.05, 0) is 44.9 Å². The number of nitrogens with one attached hydrogen (secondary N) is 2. The van der Waals surface area contributed by atoms with Gasteiger partial charge >= 0.3 is 0 Å². The minimum Gasteiger partial charge on any atom is -0.385 e. The molecule has 0 radical (unpaired) electrons. The van der Waals surface area contributed by atoms with Crippen LogP contribution < -0.4 is 10.6 Å². The van der Waals surface area contributed by atoms with Gasteiger partial charge in [0, 0.05) is 13.7 Å². The van der Waals surface area contributed by atoms with Crippen molar-refractivity contribution in [3.05, 3.63) is 0 Å². The molecule has 0 aliphatic carbocycles. The van der Waals surface area contributed by atoms with Crippen molar-refractivity contribution in [1.29, 1.82) is 0 Å². The SMILES string of the molecule is COCCCNCC1CCNC1. The van der Waals surface area contributed by atoms with Crippen molar-refractivity contribution in [2.75, 3.05) is 39.9 Å². The Morgan fingerprint density at radius 1 is 1.58 bits per heavy atom. The lowest BCUT2D eigenvalue weighted by Crippen LogP contribution is -2.25. The van der Waals surface area contributed by atoms with Crippen LogP contribution in [0.3, 0.4) is 0 Å². The summed E-state index contributed by atoms with van der Waals surface area (Å²) in [5.41, 5.74) is 0. The van der Waals surface area contributed by atoms with Crippen LogP contribution in [-0.2, 0) is 4.74 Å². The van der Waals surface area contributed by atoms with Crippen LogP contribution in [0.1, 0.15) is 12.8 Å². The van der Waals surface area contributed by atoms with E-state index in [4.69, 9.17) is 4.74 Å². The zero-order valence-corrected chi connectivity index (χ0v) is 7.94. The van der Waals surface area contributed by atoms with Crippen LogP contribution in [0.4, 0.5) is 0 Å². The lowest BCUT2D eigenvalue weighted by molar-refractivity contribution is 0.194. The van der Waals surface area contributed by atoms with E-state index in [2.05, 4.69) is 10.6 Å². The molecule has 0 aromatic carbocycles. The average molecular weight is 172 g/mol. The summed E-state index contributed by atoms with van der Waals surface area (Å²) in [5.74, 6) is 0.854. The number of rotatable bonds is 6. The van der Waals surface area contributed by atoms with E-state index in [0.717, 1.165) is 32.0 Å². The van der Waals surface area contributed by atoms with E-state index in [9.17, 15) is 0 Å². The van der Waals surface area contributed by atoms with E-state index in [-0.39, 0.29) is 0 Å². The van der Waals surface area contributed by atoms with Crippen molar-refractivity contribution in [1.82, 2.24) is 10.6 Å². The highest BCUT2D eigenvalue weighted by Crippen LogP contribution is 2.04. The quantitative estimate of drug-likeness (QED) is 0.562. The summed E-state index contributed by atoms with van der Waals surface area (Å²) in [6.07, 6.45) is 2.45. The zero-order valence-electron chi connectivity index (χ0n) is 7.94. The molecule has 0 amide bonds. The van der Waals surface area contributed by atoms with E-state index in [1.165, 1.54) is 19.5 Å². The third-order valence-corrected chi connectivity index (χ3v) is 2.30. The van der Waals surface area contributed by atoms with Gasteiger partial charge in [-0.15, -0.1) is 0 Å². The Hall–Kier alpha value is -0.120. The number of methoxy groups -OCH3 is 1. The highest BCUT2D eigenvalue weighted by atomic mass is 16.5. The first-order chi connectivity index (χ1) is 5.93. The van der Waals surface area contributed by atoms with E-state index in [1.807, 2.05) is 0 Å². The first-order valence-corrected chi connectivity index (χ1v) is 4.84. The van der Waals surface area contributed by atoms with Crippen molar-refractivity contribution in [3.63, 3.8) is 0 Å². The normalized spacial score (nSPS) is 23.2. The molecule has 1 saturated heterocycles. The van der Waals surface area contributed by atoms with E-state index >= 15 is 0 Å². The van der Waals surface area contributed by atoms with Gasteiger partial charge < -0.3 is 15.4 Å². The minimum absolute atomic E-state index is 0.854. The summed E-state index contributed by atoms with van der Waals surface area (Å²) >= 11 is 0. The molecule has 1 heterocycles. The molecule has 1 atom stereocenters. The van der Waals surface area contributed by atoms with Crippen LogP contribution >= 0.6 is 0 Å². The number of hydrogen-bond donors (Lipinski definition) is 2. The Labute approximate surface area is 74.9 Å². The third-order valence-electron chi connectivity index (χ3n) is 2.30. The van der Waals surface area contributed by atoms with Gasteiger partial charge in [0.1, 0.15) is 0 Å². The summed E-state index contributed by atoms with van der Waals surface area (Å²) in [6, 6.07) is 0. The molecule has 72 valence electrons. The lowest BCUT2D eigenvalue weighted by atomic mass is 10.1. The predicted octanol–water partition coefficient (Wildman–Crippen LogP) is 0.222. The fourth-order valence-corrected chi connectivity index (χ4v) is 1.54. The maximum absolute atomic E-state index is 4.96. The molecule has 1 aliphatic heterocycles. The molecule has 1 unspecified atom stereocenters. The van der Waals surface area contributed by atoms with Crippen LogP contribution in [0.2, 0.25) is 0 Å². The number of ether oxygens (including phenoxy) is 1. The maximum atomic E-state index is 4.96. The second kappa shape index (κ2) is 6.40. The first kappa shape index (κ1) is 9.96. The largest absolute Gasteiger partial charge is 0.385 e. The van der Waals surface area contributed by atoms with E-state index in [0.29, 0.717) is 0 Å². The predicted molar refractivity (Wildman–Crippen MR) is 50.3 cm³/mol. The summed E-state index contributed by atoms with van der Waals surface area (Å²) < 4.78 is 4.96. The molecule has 3 nitrogen and oxygen atoms in total. The van der Waals surface area contributed by atoms with Crippen LogP contribution in [0.5, 0.6) is 0 Å². The topological polar surface area (TPSA) is 33.3 Å². The van der Waals surface area contributed by atoms with Crippen molar-refractivity contribution >= 4 is 0 Å². The van der Waals surface area contributed by atoms with Gasteiger partial charge in [0.15, 0.2) is 0 Å². The second-order valence-electron chi connectivity index (χ2n) is 3.41.